The van der Waals surface area contributed by atoms with Gasteiger partial charge in [-0.05, 0) is 92.6 Å². The molecule has 0 bridgehead atoms. The van der Waals surface area contributed by atoms with E-state index in [1.165, 1.54) is 77.7 Å². The normalized spacial score (nSPS) is 12.4. The summed E-state index contributed by atoms with van der Waals surface area (Å²) in [4.78, 5) is 26.1. The van der Waals surface area contributed by atoms with Crippen LogP contribution >= 0.6 is 0 Å². The zero-order valence-corrected chi connectivity index (χ0v) is 77.4. The molecule has 12 aromatic carbocycles. The van der Waals surface area contributed by atoms with Crippen molar-refractivity contribution in [2.24, 2.45) is 25.0 Å². The summed E-state index contributed by atoms with van der Waals surface area (Å²) < 4.78 is 14.3. The Hall–Kier alpha value is -7.71. The van der Waals surface area contributed by atoms with Crippen molar-refractivity contribution in [3.63, 3.8) is 0 Å². The smallest absolute Gasteiger partial charge is 0.0942 e. The summed E-state index contributed by atoms with van der Waals surface area (Å²) in [7, 11) is 9.10. The van der Waals surface area contributed by atoms with Crippen LogP contribution in [-0.4, -0.2) is 73.9 Å². The third-order valence-corrected chi connectivity index (χ3v) is 17.9. The second kappa shape index (κ2) is 46.7. The number of aliphatic hydroxyl groups excluding tert-OH is 1. The number of aliphatic hydroxyl groups is 1. The van der Waals surface area contributed by atoms with Gasteiger partial charge in [0.05, 0.1) is 17.3 Å². The Morgan fingerprint density at radius 2 is 0.852 bits per heavy atom. The molecule has 108 heavy (non-hydrogen) atoms. The second-order valence-corrected chi connectivity index (χ2v) is 25.4. The van der Waals surface area contributed by atoms with E-state index in [1.807, 2.05) is 194 Å². The summed E-state index contributed by atoms with van der Waals surface area (Å²) in [5.74, 6) is 0.0492. The molecule has 1 N–H and O–H groups in total. The summed E-state index contributed by atoms with van der Waals surface area (Å²) in [6, 6.07) is 101. The first-order chi connectivity index (χ1) is 49.4. The molecule has 1 aliphatic carbocycles. The van der Waals surface area contributed by atoms with Crippen molar-refractivity contribution in [1.82, 2.24) is 4.98 Å². The molecule has 0 atom stereocenters. The maximum Gasteiger partial charge on any atom is 0.0942 e. The fourth-order valence-corrected chi connectivity index (χ4v) is 12.6. The Kier molecular flexibility index (Phi) is 40.9. The van der Waals surface area contributed by atoms with Crippen molar-refractivity contribution in [3.8, 4) is 0 Å². The van der Waals surface area contributed by atoms with Crippen molar-refractivity contribution < 1.29 is 130 Å². The molecule has 0 fully saturated rings. The zero-order valence-electron chi connectivity index (χ0n) is 63.0. The first-order valence-electron chi connectivity index (χ1n) is 34.2. The van der Waals surface area contributed by atoms with Crippen molar-refractivity contribution in [1.29, 1.82) is 0 Å². The minimum absolute atomic E-state index is 0. The molecule has 0 saturated carbocycles. The van der Waals surface area contributed by atoms with E-state index in [-0.39, 0.29) is 132 Å². The Labute approximate surface area is 720 Å². The standard InChI is InChI=1S/C19H16N.C18H13FN.C18H18N.C16H16N.C14H14N.C9H11NO.6Ir/c1-14-12-13-15-8-6-7-11-17(15)18(14)19(20-2)16-9-4-3-5-10-16;1-20-18(14-8-3-2-4-9-14)17-15-10-6-5-7-13(15)11-12-16(17)19;1-14(2)17(15-10-6-4-7-11-15)18(19-3)16-12-8-5-9-13-16;1-16(2)10-14(17-3)15-12-7-5-4-6-11(12)8-9-13(15)16;1-10-8-9-12-6-4-5-7-13(12)14(10)11(2)15-3;1-7(8(2)11)9-5-3-4-6-10-9;;;;;;/h3-10,12-13H,1-2H3;2-9,11-12H,1H3;4-10,12-13H,1-3H3;4-6,8-9H,10H2,1-3H3;4-6,8-9H,1-3H3;3-6,11H,1-2H3;;;;;;/q5*-1;;;;;;;. The van der Waals surface area contributed by atoms with Gasteiger partial charge in [0.1, 0.15) is 0 Å². The van der Waals surface area contributed by atoms with E-state index in [0.29, 0.717) is 17.0 Å². The van der Waals surface area contributed by atoms with Gasteiger partial charge in [0.2, 0.25) is 0 Å². The van der Waals surface area contributed by atoms with Crippen LogP contribution in [0.25, 0.3) is 54.2 Å². The summed E-state index contributed by atoms with van der Waals surface area (Å²) in [6.45, 7) is 18.6. The molecular weight excluding hydrogens is 2400 g/mol. The Balaban J connectivity index is 0.000000335. The van der Waals surface area contributed by atoms with Crippen LogP contribution in [0.2, 0.25) is 0 Å². The van der Waals surface area contributed by atoms with Crippen molar-refractivity contribution in [2.75, 3.05) is 35.2 Å². The van der Waals surface area contributed by atoms with Crippen LogP contribution in [0.15, 0.2) is 297 Å². The minimum atomic E-state index is -0.274. The molecule has 6 radical (unpaired) electrons. The number of pyridine rings is 1. The number of allylic oxidation sites excluding steroid dienone is 4. The number of hydrogen-bond donors (Lipinski definition) is 1. The summed E-state index contributed by atoms with van der Waals surface area (Å²) in [6.07, 6.45) is 2.74. The summed E-state index contributed by atoms with van der Waals surface area (Å²) in [5.41, 5.74) is 21.6. The Morgan fingerprint density at radius 1 is 0.426 bits per heavy atom. The van der Waals surface area contributed by atoms with Gasteiger partial charge in [-0.1, -0.05) is 206 Å². The molecule has 0 amide bonds. The van der Waals surface area contributed by atoms with Crippen LogP contribution in [0.3, 0.4) is 0 Å². The number of aromatic nitrogens is 1. The number of fused-ring (bicyclic) bond motifs is 6. The molecule has 14 heteroatoms. The van der Waals surface area contributed by atoms with E-state index in [0.717, 1.165) is 78.8 Å². The van der Waals surface area contributed by atoms with Gasteiger partial charge in [0, 0.05) is 190 Å². The third-order valence-electron chi connectivity index (χ3n) is 17.9. The summed E-state index contributed by atoms with van der Waals surface area (Å²) >= 11 is 0. The molecule has 0 aliphatic heterocycles. The number of benzene rings is 12. The summed E-state index contributed by atoms with van der Waals surface area (Å²) in [5, 5.41) is 18.0. The minimum Gasteiger partial charge on any atom is -0.512 e. The average molecular weight is 2490 g/mol. The Morgan fingerprint density at radius 3 is 1.30 bits per heavy atom. The van der Waals surface area contributed by atoms with E-state index in [4.69, 9.17) is 5.11 Å². The van der Waals surface area contributed by atoms with E-state index in [2.05, 4.69) is 187 Å². The third kappa shape index (κ3) is 23.9. The molecule has 1 aliphatic rings. The van der Waals surface area contributed by atoms with E-state index in [9.17, 15) is 4.39 Å². The molecule has 1 aromatic heterocycles. The van der Waals surface area contributed by atoms with Crippen molar-refractivity contribution in [3.05, 3.63) is 375 Å². The van der Waals surface area contributed by atoms with E-state index in [1.54, 1.807) is 32.3 Å². The monoisotopic (exact) mass is 2490 g/mol. The molecule has 14 rings (SSSR count). The van der Waals surface area contributed by atoms with Crippen LogP contribution in [0, 0.1) is 50.0 Å². The van der Waals surface area contributed by atoms with Crippen molar-refractivity contribution in [2.45, 2.75) is 74.1 Å². The molecule has 566 valence electrons. The van der Waals surface area contributed by atoms with Gasteiger partial charge in [0.15, 0.2) is 0 Å². The first-order valence-corrected chi connectivity index (χ1v) is 34.2. The molecule has 0 unspecified atom stereocenters. The van der Waals surface area contributed by atoms with Gasteiger partial charge < -0.3 is 15.1 Å². The van der Waals surface area contributed by atoms with E-state index < -0.39 is 0 Å². The fraction of sp³-hybridized carbons (Fsp3) is 0.170. The number of aliphatic imine (C=N–C) groups is 5. The number of rotatable bonds is 9. The maximum absolute atomic E-state index is 14.3. The van der Waals surface area contributed by atoms with Crippen molar-refractivity contribution >= 4 is 82.8 Å². The van der Waals surface area contributed by atoms with Gasteiger partial charge in [0.25, 0.3) is 0 Å². The second-order valence-electron chi connectivity index (χ2n) is 25.4. The fourth-order valence-electron chi connectivity index (χ4n) is 12.6. The predicted molar refractivity (Wildman–Crippen MR) is 432 cm³/mol. The number of aryl methyl sites for hydroxylation is 2. The molecule has 0 spiro atoms. The van der Waals surface area contributed by atoms with Gasteiger partial charge in [-0.15, -0.1) is 182 Å². The average Bonchev–Trinajstić information content (AvgIpc) is 1.59. The largest absolute Gasteiger partial charge is 0.512 e. The molecule has 13 aromatic rings. The number of hydrogen-bond acceptors (Lipinski definition) is 7. The van der Waals surface area contributed by atoms with Gasteiger partial charge in [-0.3, -0.25) is 20.0 Å². The van der Waals surface area contributed by atoms with Crippen LogP contribution in [0.4, 0.5) is 4.39 Å². The molecule has 1 heterocycles. The number of nitrogens with zero attached hydrogens (tertiary/aromatic N) is 6. The van der Waals surface area contributed by atoms with Gasteiger partial charge in [-0.25, -0.2) is 4.39 Å². The quantitative estimate of drug-likeness (QED) is 0.0885. The topological polar surface area (TPSA) is 94.9 Å². The van der Waals surface area contributed by atoms with Gasteiger partial charge in [-0.2, -0.15) is 0 Å². The molecule has 7 nitrogen and oxygen atoms in total. The number of halogens is 1. The predicted octanol–water partition coefficient (Wildman–Crippen LogP) is 22.6. The zero-order chi connectivity index (χ0) is 72.7. The maximum atomic E-state index is 14.3. The van der Waals surface area contributed by atoms with Crippen LogP contribution in [0.5, 0.6) is 0 Å². The van der Waals surface area contributed by atoms with E-state index >= 15 is 0 Å². The SMILES string of the molecule is CC(O)=C(C)c1ccccn1.CN=C(C(=C(C)C)c1[c-]cccc1)c1ccccc1.CN=C(C)c1c(C)ccc2ccc[c-]c12.CN=C(c1ccccc1)c1c(C)ccc2ccc[c-]c12.CN=C(c1ccccc1)c1c(F)ccc2ccc[c-]c12.CN=C1CC(C)(C)c2ccc3ccc[c-]c3c21.[Ir].[Ir].[Ir].[Ir].[Ir].[Ir]. The van der Waals surface area contributed by atoms with Gasteiger partial charge >= 0.3 is 0 Å². The van der Waals surface area contributed by atoms with Crippen LogP contribution in [0.1, 0.15) is 122 Å². The molecule has 0 saturated heterocycles. The Bertz CT molecular complexity index is 5110. The van der Waals surface area contributed by atoms with Crippen LogP contribution in [-0.2, 0) is 126 Å². The van der Waals surface area contributed by atoms with Crippen LogP contribution < -0.4 is 0 Å². The molecular formula is C94H88FIr6N6O-5. The first kappa shape index (κ1) is 94.5.